The van der Waals surface area contributed by atoms with Crippen LogP contribution in [0.3, 0.4) is 0 Å². The van der Waals surface area contributed by atoms with Crippen molar-refractivity contribution in [2.24, 2.45) is 17.3 Å². The van der Waals surface area contributed by atoms with Crippen molar-refractivity contribution < 1.29 is 5.11 Å². The summed E-state index contributed by atoms with van der Waals surface area (Å²) >= 11 is 0. The molecule has 0 saturated heterocycles. The van der Waals surface area contributed by atoms with Crippen LogP contribution in [0.2, 0.25) is 0 Å². The van der Waals surface area contributed by atoms with Crippen LogP contribution in [0.1, 0.15) is 59.3 Å². The Balaban J connectivity index is 2.33. The summed E-state index contributed by atoms with van der Waals surface area (Å²) in [5, 5.41) is 8.85. The van der Waals surface area contributed by atoms with Gasteiger partial charge in [-0.05, 0) is 55.8 Å². The molecule has 0 aliphatic heterocycles. The molecular formula is C13H26O. The van der Waals surface area contributed by atoms with Gasteiger partial charge in [0.25, 0.3) is 0 Å². The number of hydrogen-bond donors (Lipinski definition) is 1. The minimum atomic E-state index is 0.364. The Morgan fingerprint density at radius 2 is 1.86 bits per heavy atom. The second kappa shape index (κ2) is 5.16. The summed E-state index contributed by atoms with van der Waals surface area (Å²) in [6, 6.07) is 0. The molecule has 0 heterocycles. The Bertz CT molecular complexity index is 155. The highest BCUT2D eigenvalue weighted by Crippen LogP contribution is 2.43. The number of rotatable bonds is 4. The molecule has 1 rings (SSSR count). The van der Waals surface area contributed by atoms with E-state index in [1.165, 1.54) is 32.1 Å². The molecule has 1 saturated carbocycles. The highest BCUT2D eigenvalue weighted by molar-refractivity contribution is 4.82. The molecule has 0 amide bonds. The molecule has 0 aromatic rings. The molecule has 1 N–H and O–H groups in total. The molecule has 14 heavy (non-hydrogen) atoms. The molecule has 0 spiro atoms. The van der Waals surface area contributed by atoms with Crippen molar-refractivity contribution in [2.45, 2.75) is 59.3 Å². The van der Waals surface area contributed by atoms with E-state index in [-0.39, 0.29) is 0 Å². The van der Waals surface area contributed by atoms with Crippen molar-refractivity contribution in [3.63, 3.8) is 0 Å². The van der Waals surface area contributed by atoms with Crippen LogP contribution < -0.4 is 0 Å². The first-order valence-corrected chi connectivity index (χ1v) is 6.18. The van der Waals surface area contributed by atoms with Gasteiger partial charge in [0.2, 0.25) is 0 Å². The van der Waals surface area contributed by atoms with Crippen LogP contribution in [-0.2, 0) is 0 Å². The van der Waals surface area contributed by atoms with E-state index in [9.17, 15) is 0 Å². The van der Waals surface area contributed by atoms with Crippen LogP contribution in [0.25, 0.3) is 0 Å². The van der Waals surface area contributed by atoms with Crippen LogP contribution in [-0.4, -0.2) is 11.7 Å². The minimum Gasteiger partial charge on any atom is -0.396 e. The quantitative estimate of drug-likeness (QED) is 0.731. The van der Waals surface area contributed by atoms with Gasteiger partial charge >= 0.3 is 0 Å². The van der Waals surface area contributed by atoms with Crippen molar-refractivity contribution >= 4 is 0 Å². The molecule has 0 radical (unpaired) electrons. The Hall–Kier alpha value is -0.0400. The van der Waals surface area contributed by atoms with E-state index in [0.29, 0.717) is 12.0 Å². The van der Waals surface area contributed by atoms with E-state index in [0.717, 1.165) is 18.3 Å². The predicted molar refractivity (Wildman–Crippen MR) is 61.2 cm³/mol. The fourth-order valence-corrected chi connectivity index (χ4v) is 2.76. The zero-order chi connectivity index (χ0) is 10.6. The van der Waals surface area contributed by atoms with Crippen molar-refractivity contribution in [2.75, 3.05) is 6.61 Å². The molecule has 84 valence electrons. The molecule has 1 fully saturated rings. The average molecular weight is 198 g/mol. The molecule has 0 aromatic heterocycles. The van der Waals surface area contributed by atoms with Crippen LogP contribution in [0, 0.1) is 17.3 Å². The second-order valence-corrected chi connectivity index (χ2v) is 5.72. The molecular weight excluding hydrogens is 172 g/mol. The van der Waals surface area contributed by atoms with Gasteiger partial charge in [-0.2, -0.15) is 0 Å². The SMILES string of the molecule is CC(C)C1CCC(C)(CCCO)CC1. The largest absolute Gasteiger partial charge is 0.396 e. The van der Waals surface area contributed by atoms with Crippen molar-refractivity contribution in [1.82, 2.24) is 0 Å². The zero-order valence-corrected chi connectivity index (χ0v) is 10.1. The Labute approximate surface area is 88.9 Å². The van der Waals surface area contributed by atoms with Crippen molar-refractivity contribution in [3.8, 4) is 0 Å². The van der Waals surface area contributed by atoms with Crippen LogP contribution >= 0.6 is 0 Å². The Morgan fingerprint density at radius 1 is 1.29 bits per heavy atom. The minimum absolute atomic E-state index is 0.364. The lowest BCUT2D eigenvalue weighted by atomic mass is 9.67. The molecule has 0 aromatic carbocycles. The number of aliphatic hydroxyl groups is 1. The first-order valence-electron chi connectivity index (χ1n) is 6.18. The Morgan fingerprint density at radius 3 is 2.29 bits per heavy atom. The van der Waals surface area contributed by atoms with Crippen LogP contribution in [0.5, 0.6) is 0 Å². The van der Waals surface area contributed by atoms with Crippen LogP contribution in [0.15, 0.2) is 0 Å². The van der Waals surface area contributed by atoms with Crippen LogP contribution in [0.4, 0.5) is 0 Å². The third kappa shape index (κ3) is 3.27. The first kappa shape index (κ1) is 12.0. The topological polar surface area (TPSA) is 20.2 Å². The fourth-order valence-electron chi connectivity index (χ4n) is 2.76. The van der Waals surface area contributed by atoms with Gasteiger partial charge in [-0.3, -0.25) is 0 Å². The van der Waals surface area contributed by atoms with E-state index >= 15 is 0 Å². The van der Waals surface area contributed by atoms with Gasteiger partial charge in [0.1, 0.15) is 0 Å². The van der Waals surface area contributed by atoms with Gasteiger partial charge < -0.3 is 5.11 Å². The maximum Gasteiger partial charge on any atom is 0.0431 e. The standard InChI is InChI=1S/C13H26O/c1-11(2)12-5-8-13(3,9-6-12)7-4-10-14/h11-12,14H,4-10H2,1-3H3. The highest BCUT2D eigenvalue weighted by atomic mass is 16.2. The lowest BCUT2D eigenvalue weighted by molar-refractivity contribution is 0.122. The molecule has 1 heteroatoms. The maximum absolute atomic E-state index is 8.85. The van der Waals surface area contributed by atoms with Gasteiger partial charge in [-0.25, -0.2) is 0 Å². The summed E-state index contributed by atoms with van der Waals surface area (Å²) in [6.45, 7) is 7.46. The Kier molecular flexibility index (Phi) is 4.43. The van der Waals surface area contributed by atoms with E-state index in [4.69, 9.17) is 5.11 Å². The highest BCUT2D eigenvalue weighted by Gasteiger charge is 2.31. The molecule has 0 unspecified atom stereocenters. The molecule has 1 nitrogen and oxygen atoms in total. The smallest absolute Gasteiger partial charge is 0.0431 e. The predicted octanol–water partition coefficient (Wildman–Crippen LogP) is 3.61. The number of aliphatic hydroxyl groups excluding tert-OH is 1. The van der Waals surface area contributed by atoms with E-state index < -0.39 is 0 Å². The molecule has 0 atom stereocenters. The number of hydrogen-bond acceptors (Lipinski definition) is 1. The van der Waals surface area contributed by atoms with Gasteiger partial charge in [-0.1, -0.05) is 20.8 Å². The maximum atomic E-state index is 8.85. The molecule has 0 bridgehead atoms. The van der Waals surface area contributed by atoms with Gasteiger partial charge in [0.05, 0.1) is 0 Å². The normalized spacial score (nSPS) is 33.6. The van der Waals surface area contributed by atoms with E-state index in [2.05, 4.69) is 20.8 Å². The molecule has 1 aliphatic carbocycles. The summed E-state index contributed by atoms with van der Waals surface area (Å²) < 4.78 is 0. The summed E-state index contributed by atoms with van der Waals surface area (Å²) in [7, 11) is 0. The summed E-state index contributed by atoms with van der Waals surface area (Å²) in [4.78, 5) is 0. The van der Waals surface area contributed by atoms with Crippen molar-refractivity contribution in [3.05, 3.63) is 0 Å². The second-order valence-electron chi connectivity index (χ2n) is 5.72. The molecule has 1 aliphatic rings. The lowest BCUT2D eigenvalue weighted by Crippen LogP contribution is -2.26. The zero-order valence-electron chi connectivity index (χ0n) is 10.1. The fraction of sp³-hybridized carbons (Fsp3) is 1.00. The van der Waals surface area contributed by atoms with E-state index in [1.54, 1.807) is 0 Å². The van der Waals surface area contributed by atoms with Crippen molar-refractivity contribution in [1.29, 1.82) is 0 Å². The van der Waals surface area contributed by atoms with Gasteiger partial charge in [0.15, 0.2) is 0 Å². The van der Waals surface area contributed by atoms with Gasteiger partial charge in [-0.15, -0.1) is 0 Å². The van der Waals surface area contributed by atoms with Gasteiger partial charge in [0, 0.05) is 6.61 Å². The third-order valence-electron chi connectivity index (χ3n) is 4.12. The van der Waals surface area contributed by atoms with E-state index in [1.807, 2.05) is 0 Å². The third-order valence-corrected chi connectivity index (χ3v) is 4.12. The summed E-state index contributed by atoms with van der Waals surface area (Å²) in [5.74, 6) is 1.81. The lowest BCUT2D eigenvalue weighted by Gasteiger charge is -2.39. The monoisotopic (exact) mass is 198 g/mol. The average Bonchev–Trinajstić information content (AvgIpc) is 2.16. The summed E-state index contributed by atoms with van der Waals surface area (Å²) in [5.41, 5.74) is 0.536. The first-order chi connectivity index (χ1) is 6.57. The summed E-state index contributed by atoms with van der Waals surface area (Å²) in [6.07, 6.45) is 7.75.